The number of fused-ring (bicyclic) bond motifs is 1. The van der Waals surface area contributed by atoms with Crippen LogP contribution in [0.5, 0.6) is 11.5 Å². The fourth-order valence-corrected chi connectivity index (χ4v) is 4.28. The first kappa shape index (κ1) is 23.5. The average Bonchev–Trinajstić information content (AvgIpc) is 3.32. The van der Waals surface area contributed by atoms with Crippen molar-refractivity contribution in [2.24, 2.45) is 0 Å². The minimum absolute atomic E-state index is 0.0278. The first-order chi connectivity index (χ1) is 17.2. The third kappa shape index (κ3) is 4.77. The second kappa shape index (κ2) is 9.07. The van der Waals surface area contributed by atoms with E-state index in [0.717, 1.165) is 22.9 Å². The van der Waals surface area contributed by atoms with Crippen LogP contribution < -0.4 is 10.1 Å². The first-order valence-electron chi connectivity index (χ1n) is 11.2. The summed E-state index contributed by atoms with van der Waals surface area (Å²) in [5.41, 5.74) is 2.02. The lowest BCUT2D eigenvalue weighted by Crippen LogP contribution is -2.21. The van der Waals surface area contributed by atoms with Crippen LogP contribution in [0.3, 0.4) is 0 Å². The zero-order valence-electron chi connectivity index (χ0n) is 19.1. The second-order valence-corrected chi connectivity index (χ2v) is 8.64. The number of carbonyl (C=O) groups is 2. The number of carbonyl (C=O) groups excluding carboxylic acids is 2. The Bertz CT molecular complexity index is 1370. The molecule has 184 valence electrons. The Kier molecular flexibility index (Phi) is 5.91. The third-order valence-electron chi connectivity index (χ3n) is 6.03. The van der Waals surface area contributed by atoms with Gasteiger partial charge in [-0.1, -0.05) is 36.4 Å². The number of hydrogen-bond donors (Lipinski definition) is 1. The molecule has 2 aliphatic rings. The van der Waals surface area contributed by atoms with E-state index in [1.165, 1.54) is 24.1 Å². The Morgan fingerprint density at radius 2 is 1.78 bits per heavy atom. The highest BCUT2D eigenvalue weighted by Gasteiger charge is 2.36. The van der Waals surface area contributed by atoms with Gasteiger partial charge in [0.15, 0.2) is 0 Å². The smallest absolute Gasteiger partial charge is 0.416 e. The van der Waals surface area contributed by atoms with Gasteiger partial charge in [-0.3, -0.25) is 4.79 Å². The van der Waals surface area contributed by atoms with Crippen LogP contribution in [0.25, 0.3) is 11.6 Å². The molecule has 1 saturated heterocycles. The number of likely N-dealkylation sites (N-methyl/N-ethyl adjacent to an activating group) is 1. The minimum Gasteiger partial charge on any atom is -0.457 e. The van der Waals surface area contributed by atoms with Crippen molar-refractivity contribution in [3.63, 3.8) is 0 Å². The lowest BCUT2D eigenvalue weighted by atomic mass is 10.0. The molecule has 5 rings (SSSR count). The topological polar surface area (TPSA) is 67.9 Å². The van der Waals surface area contributed by atoms with E-state index in [-0.39, 0.29) is 30.2 Å². The largest absolute Gasteiger partial charge is 0.457 e. The number of nitrogens with one attached hydrogen (secondary N) is 1. The molecule has 1 N–H and O–H groups in total. The van der Waals surface area contributed by atoms with E-state index in [2.05, 4.69) is 5.32 Å². The summed E-state index contributed by atoms with van der Waals surface area (Å²) >= 11 is 0. The molecule has 0 aliphatic carbocycles. The van der Waals surface area contributed by atoms with Gasteiger partial charge in [-0.2, -0.15) is 13.2 Å². The molecule has 9 heteroatoms. The zero-order valence-corrected chi connectivity index (χ0v) is 19.1. The molecule has 0 aromatic heterocycles. The number of alkyl halides is 3. The van der Waals surface area contributed by atoms with Crippen molar-refractivity contribution in [1.82, 2.24) is 4.90 Å². The Labute approximate surface area is 204 Å². The molecule has 3 aromatic carbocycles. The van der Waals surface area contributed by atoms with Crippen LogP contribution in [0.1, 0.15) is 22.3 Å². The van der Waals surface area contributed by atoms with Gasteiger partial charge in [0.25, 0.3) is 5.91 Å². The Hall–Kier alpha value is -4.27. The molecule has 2 aliphatic heterocycles. The van der Waals surface area contributed by atoms with Crippen molar-refractivity contribution in [2.75, 3.05) is 18.9 Å². The predicted octanol–water partition coefficient (Wildman–Crippen LogP) is 5.98. The fourth-order valence-electron chi connectivity index (χ4n) is 4.28. The van der Waals surface area contributed by atoms with Gasteiger partial charge in [0.2, 0.25) is 0 Å². The summed E-state index contributed by atoms with van der Waals surface area (Å²) in [5, 5.41) is 2.81. The lowest BCUT2D eigenvalue weighted by molar-refractivity contribution is -0.138. The van der Waals surface area contributed by atoms with Gasteiger partial charge in [0.05, 0.1) is 12.1 Å². The van der Waals surface area contributed by atoms with Crippen LogP contribution in [0, 0.1) is 0 Å². The Morgan fingerprint density at radius 1 is 1.06 bits per heavy atom. The number of halogens is 3. The maximum absolute atomic E-state index is 13.8. The molecular weight excluding hydrogens is 473 g/mol. The van der Waals surface area contributed by atoms with Crippen molar-refractivity contribution in [3.8, 4) is 11.5 Å². The van der Waals surface area contributed by atoms with Crippen molar-refractivity contribution in [3.05, 3.63) is 89.0 Å². The Balaban J connectivity index is 1.33. The molecule has 2 amide bonds. The molecule has 1 fully saturated rings. The van der Waals surface area contributed by atoms with Gasteiger partial charge in [0, 0.05) is 30.3 Å². The number of nitrogens with zero attached hydrogens (tertiary/aromatic N) is 1. The zero-order chi connectivity index (χ0) is 25.4. The van der Waals surface area contributed by atoms with Crippen molar-refractivity contribution in [1.29, 1.82) is 0 Å². The highest BCUT2D eigenvalue weighted by Crippen LogP contribution is 2.37. The summed E-state index contributed by atoms with van der Waals surface area (Å²) in [4.78, 5) is 25.2. The molecule has 36 heavy (non-hydrogen) atoms. The van der Waals surface area contributed by atoms with Crippen molar-refractivity contribution in [2.45, 2.75) is 18.7 Å². The van der Waals surface area contributed by atoms with Gasteiger partial charge in [-0.15, -0.1) is 0 Å². The molecule has 3 aromatic rings. The van der Waals surface area contributed by atoms with Crippen LogP contribution in [-0.2, 0) is 22.1 Å². The second-order valence-electron chi connectivity index (χ2n) is 8.64. The van der Waals surface area contributed by atoms with E-state index in [4.69, 9.17) is 9.47 Å². The van der Waals surface area contributed by atoms with Crippen LogP contribution in [-0.4, -0.2) is 36.6 Å². The maximum Gasteiger partial charge on any atom is 0.416 e. The monoisotopic (exact) mass is 494 g/mol. The number of rotatable bonds is 5. The maximum atomic E-state index is 13.8. The van der Waals surface area contributed by atoms with Gasteiger partial charge < -0.3 is 19.7 Å². The van der Waals surface area contributed by atoms with E-state index < -0.39 is 23.9 Å². The quantitative estimate of drug-likeness (QED) is 0.443. The molecule has 0 spiro atoms. The lowest BCUT2D eigenvalue weighted by Gasteiger charge is -2.17. The number of ether oxygens (including phenoxy) is 2. The van der Waals surface area contributed by atoms with Gasteiger partial charge >= 0.3 is 12.3 Å². The molecule has 1 atom stereocenters. The highest BCUT2D eigenvalue weighted by atomic mass is 19.4. The van der Waals surface area contributed by atoms with Crippen LogP contribution >= 0.6 is 0 Å². The van der Waals surface area contributed by atoms with Gasteiger partial charge in [-0.05, 0) is 47.5 Å². The number of hydrogen-bond acceptors (Lipinski definition) is 4. The summed E-state index contributed by atoms with van der Waals surface area (Å²) in [7, 11) is 1.53. The Morgan fingerprint density at radius 3 is 2.47 bits per heavy atom. The molecule has 0 saturated carbocycles. The van der Waals surface area contributed by atoms with E-state index in [1.807, 2.05) is 24.3 Å². The summed E-state index contributed by atoms with van der Waals surface area (Å²) in [6.07, 6.45) is -4.10. The number of cyclic esters (lactones) is 1. The van der Waals surface area contributed by atoms with Crippen molar-refractivity contribution >= 4 is 29.3 Å². The highest BCUT2D eigenvalue weighted by molar-refractivity contribution is 6.34. The number of anilines is 1. The van der Waals surface area contributed by atoms with Crippen LogP contribution in [0.2, 0.25) is 0 Å². The van der Waals surface area contributed by atoms with Crippen LogP contribution in [0.15, 0.2) is 66.7 Å². The summed E-state index contributed by atoms with van der Waals surface area (Å²) < 4.78 is 52.1. The van der Waals surface area contributed by atoms with E-state index in [0.29, 0.717) is 11.3 Å². The van der Waals surface area contributed by atoms with E-state index in [9.17, 15) is 22.8 Å². The molecule has 1 unspecified atom stereocenters. The third-order valence-corrected chi connectivity index (χ3v) is 6.03. The normalized spacial score (nSPS) is 18.3. The van der Waals surface area contributed by atoms with Crippen LogP contribution in [0.4, 0.5) is 23.7 Å². The number of benzene rings is 3. The van der Waals surface area contributed by atoms with Crippen molar-refractivity contribution < 1.29 is 32.2 Å². The fraction of sp³-hybridized carbons (Fsp3) is 0.185. The number of para-hydroxylation sites is 1. The molecular formula is C27H21F3N2O4. The molecule has 6 nitrogen and oxygen atoms in total. The molecule has 0 radical (unpaired) electrons. The SMILES string of the molecule is CN1CC(Cc2ccc(Oc3ccc(/C=C4\C(=O)Nc5ccccc54)cc3)cc2C(F)(F)F)OC1=O. The summed E-state index contributed by atoms with van der Waals surface area (Å²) in [5.74, 6) is 0.178. The minimum atomic E-state index is -4.60. The number of amides is 2. The average molecular weight is 494 g/mol. The summed E-state index contributed by atoms with van der Waals surface area (Å²) in [6, 6.07) is 17.8. The summed E-state index contributed by atoms with van der Waals surface area (Å²) in [6.45, 7) is 0.226. The molecule has 2 heterocycles. The molecule has 0 bridgehead atoms. The van der Waals surface area contributed by atoms with Gasteiger partial charge in [-0.25, -0.2) is 4.79 Å². The van der Waals surface area contributed by atoms with E-state index >= 15 is 0 Å². The van der Waals surface area contributed by atoms with E-state index in [1.54, 1.807) is 30.3 Å². The van der Waals surface area contributed by atoms with Gasteiger partial charge in [0.1, 0.15) is 17.6 Å². The standard InChI is InChI=1S/C27H21F3N2O4/c1-32-15-20(36-26(32)34)13-17-8-11-19(14-23(17)27(28,29)30)35-18-9-6-16(7-10-18)12-22-21-4-2-3-5-24(21)31-25(22)33/h2-12,14,20H,13,15H2,1H3,(H,31,33)/b22-12-. The first-order valence-corrected chi connectivity index (χ1v) is 11.2. The predicted molar refractivity (Wildman–Crippen MR) is 128 cm³/mol.